The van der Waals surface area contributed by atoms with Crippen LogP contribution in [0.4, 0.5) is 0 Å². The summed E-state index contributed by atoms with van der Waals surface area (Å²) in [7, 11) is 0. The molecule has 0 aliphatic heterocycles. The quantitative estimate of drug-likeness (QED) is 0.581. The third-order valence-corrected chi connectivity index (χ3v) is 3.80. The van der Waals surface area contributed by atoms with Gasteiger partial charge in [-0.25, -0.2) is 0 Å². The number of allylic oxidation sites excluding steroid dienone is 4. The number of carboxylic acid groups (broad SMARTS) is 1. The summed E-state index contributed by atoms with van der Waals surface area (Å²) in [6, 6.07) is 0. The molecule has 4 nitrogen and oxygen atoms in total. The fourth-order valence-electron chi connectivity index (χ4n) is 2.78. The Morgan fingerprint density at radius 1 is 1.33 bits per heavy atom. The van der Waals surface area contributed by atoms with Crippen LogP contribution in [0.15, 0.2) is 23.5 Å². The number of carbonyl (C=O) groups excluding carboxylic acids is 1. The molecule has 2 N–H and O–H groups in total. The number of hydrogen-bond acceptors (Lipinski definition) is 3. The normalized spacial score (nSPS) is 26.6. The molecule has 2 aliphatic rings. The number of unbranched alkanes of at least 4 members (excludes halogenated alkanes) is 1. The van der Waals surface area contributed by atoms with E-state index in [1.54, 1.807) is 0 Å². The zero-order chi connectivity index (χ0) is 13.1. The highest BCUT2D eigenvalue weighted by molar-refractivity contribution is 5.95. The minimum absolute atomic E-state index is 0.0306. The zero-order valence-electron chi connectivity index (χ0n) is 10.3. The largest absolute Gasteiger partial charge is 0.512 e. The first-order valence-corrected chi connectivity index (χ1v) is 6.42. The Morgan fingerprint density at radius 2 is 2.11 bits per heavy atom. The minimum atomic E-state index is -0.755. The average Bonchev–Trinajstić information content (AvgIpc) is 2.60. The van der Waals surface area contributed by atoms with Crippen LogP contribution in [0.25, 0.3) is 0 Å². The lowest BCUT2D eigenvalue weighted by molar-refractivity contribution is -0.137. The summed E-state index contributed by atoms with van der Waals surface area (Å²) in [5.74, 6) is -0.584. The summed E-state index contributed by atoms with van der Waals surface area (Å²) < 4.78 is 0. The summed E-state index contributed by atoms with van der Waals surface area (Å²) in [5.41, 5.74) is 1.25. The molecule has 0 saturated heterocycles. The van der Waals surface area contributed by atoms with Gasteiger partial charge in [0.1, 0.15) is 0 Å². The number of carbonyl (C=O) groups is 2. The Labute approximate surface area is 106 Å². The molecule has 0 aromatic carbocycles. The van der Waals surface area contributed by atoms with Crippen LogP contribution < -0.4 is 0 Å². The third-order valence-electron chi connectivity index (χ3n) is 3.80. The number of hydrogen-bond donors (Lipinski definition) is 2. The van der Waals surface area contributed by atoms with Crippen molar-refractivity contribution in [3.63, 3.8) is 0 Å². The van der Waals surface area contributed by atoms with E-state index in [1.165, 1.54) is 11.6 Å². The number of ketones is 1. The molecule has 0 saturated carbocycles. The van der Waals surface area contributed by atoms with Gasteiger partial charge in [0, 0.05) is 24.3 Å². The summed E-state index contributed by atoms with van der Waals surface area (Å²) in [5, 5.41) is 18.2. The van der Waals surface area contributed by atoms with Gasteiger partial charge in [0.2, 0.25) is 0 Å². The van der Waals surface area contributed by atoms with Crippen molar-refractivity contribution in [3.05, 3.63) is 23.5 Å². The molecule has 2 unspecified atom stereocenters. The van der Waals surface area contributed by atoms with Gasteiger partial charge in [0.05, 0.1) is 5.76 Å². The van der Waals surface area contributed by atoms with Crippen LogP contribution in [-0.4, -0.2) is 22.0 Å². The van der Waals surface area contributed by atoms with E-state index in [4.69, 9.17) is 5.11 Å². The van der Waals surface area contributed by atoms with Gasteiger partial charge >= 0.3 is 5.97 Å². The highest BCUT2D eigenvalue weighted by Crippen LogP contribution is 2.40. The van der Waals surface area contributed by atoms with E-state index in [-0.39, 0.29) is 29.8 Å². The van der Waals surface area contributed by atoms with Crippen molar-refractivity contribution in [2.45, 2.75) is 38.5 Å². The van der Waals surface area contributed by atoms with Crippen LogP contribution in [0.3, 0.4) is 0 Å². The number of aliphatic carboxylic acids is 1. The maximum Gasteiger partial charge on any atom is 0.303 e. The maximum atomic E-state index is 11.5. The minimum Gasteiger partial charge on any atom is -0.512 e. The number of carboxylic acids is 1. The molecule has 0 fully saturated rings. The van der Waals surface area contributed by atoms with Crippen LogP contribution in [0, 0.1) is 11.8 Å². The number of aliphatic hydroxyl groups is 1. The summed E-state index contributed by atoms with van der Waals surface area (Å²) in [6.45, 7) is 0. The van der Waals surface area contributed by atoms with Crippen LogP contribution in [0.1, 0.15) is 38.5 Å². The van der Waals surface area contributed by atoms with Crippen LogP contribution >= 0.6 is 0 Å². The fraction of sp³-hybridized carbons (Fsp3) is 0.571. The van der Waals surface area contributed by atoms with E-state index in [0.717, 1.165) is 19.3 Å². The number of fused-ring (bicyclic) bond motifs is 1. The van der Waals surface area contributed by atoms with Gasteiger partial charge < -0.3 is 10.2 Å². The maximum absolute atomic E-state index is 11.5. The van der Waals surface area contributed by atoms with Gasteiger partial charge in [-0.1, -0.05) is 11.6 Å². The molecule has 2 aliphatic carbocycles. The van der Waals surface area contributed by atoms with Gasteiger partial charge in [0.25, 0.3) is 0 Å². The third kappa shape index (κ3) is 2.81. The topological polar surface area (TPSA) is 74.6 Å². The molecule has 0 radical (unpaired) electrons. The molecule has 18 heavy (non-hydrogen) atoms. The van der Waals surface area contributed by atoms with E-state index >= 15 is 0 Å². The predicted molar refractivity (Wildman–Crippen MR) is 66.1 cm³/mol. The predicted octanol–water partition coefficient (Wildman–Crippen LogP) is 2.61. The van der Waals surface area contributed by atoms with Gasteiger partial charge in [-0.05, 0) is 32.1 Å². The highest BCUT2D eigenvalue weighted by atomic mass is 16.4. The molecule has 0 heterocycles. The summed E-state index contributed by atoms with van der Waals surface area (Å²) in [4.78, 5) is 21.9. The Morgan fingerprint density at radius 3 is 2.83 bits per heavy atom. The molecule has 0 amide bonds. The van der Waals surface area contributed by atoms with E-state index in [9.17, 15) is 14.7 Å². The van der Waals surface area contributed by atoms with E-state index in [1.807, 2.05) is 0 Å². The van der Waals surface area contributed by atoms with Crippen molar-refractivity contribution in [1.29, 1.82) is 0 Å². The van der Waals surface area contributed by atoms with Crippen molar-refractivity contribution < 1.29 is 19.8 Å². The first-order valence-electron chi connectivity index (χ1n) is 6.42. The highest BCUT2D eigenvalue weighted by Gasteiger charge is 2.37. The monoisotopic (exact) mass is 250 g/mol. The lowest BCUT2D eigenvalue weighted by Crippen LogP contribution is -2.21. The standard InChI is InChI=1S/C14H18O4/c15-12-8-13(16)11-7-9(5-6-10(11)12)3-1-2-4-14(17)18/h5,8,10-11,16H,1-4,6-7H2,(H,17,18). The van der Waals surface area contributed by atoms with Crippen LogP contribution in [0.5, 0.6) is 0 Å². The van der Waals surface area contributed by atoms with Crippen molar-refractivity contribution >= 4 is 11.8 Å². The molecule has 0 bridgehead atoms. The van der Waals surface area contributed by atoms with Gasteiger partial charge in [-0.2, -0.15) is 0 Å². The zero-order valence-corrected chi connectivity index (χ0v) is 10.3. The summed E-state index contributed by atoms with van der Waals surface area (Å²) >= 11 is 0. The van der Waals surface area contributed by atoms with Gasteiger partial charge in [0.15, 0.2) is 5.78 Å². The SMILES string of the molecule is O=C(O)CCCCC1=CCC2C(=O)C=C(O)C2C1. The summed E-state index contributed by atoms with van der Waals surface area (Å²) in [6.07, 6.45) is 7.52. The Hall–Kier alpha value is -1.58. The molecule has 98 valence electrons. The molecule has 0 aromatic heterocycles. The molecular weight excluding hydrogens is 232 g/mol. The van der Waals surface area contributed by atoms with Crippen LogP contribution in [-0.2, 0) is 9.59 Å². The Kier molecular flexibility index (Phi) is 3.84. The second-order valence-electron chi connectivity index (χ2n) is 5.09. The van der Waals surface area contributed by atoms with Crippen molar-refractivity contribution in [2.24, 2.45) is 11.8 Å². The van der Waals surface area contributed by atoms with Crippen molar-refractivity contribution in [1.82, 2.24) is 0 Å². The first kappa shape index (κ1) is 12.9. The molecule has 4 heteroatoms. The van der Waals surface area contributed by atoms with Gasteiger partial charge in [-0.3, -0.25) is 9.59 Å². The second kappa shape index (κ2) is 5.38. The number of aliphatic hydroxyl groups excluding tert-OH is 1. The van der Waals surface area contributed by atoms with E-state index < -0.39 is 5.97 Å². The lowest BCUT2D eigenvalue weighted by Gasteiger charge is -2.25. The average molecular weight is 250 g/mol. The first-order chi connectivity index (χ1) is 8.58. The number of rotatable bonds is 5. The fourth-order valence-corrected chi connectivity index (χ4v) is 2.78. The van der Waals surface area contributed by atoms with Crippen molar-refractivity contribution in [3.8, 4) is 0 Å². The molecule has 0 aromatic rings. The molecular formula is C14H18O4. The molecule has 2 atom stereocenters. The Bertz CT molecular complexity index is 420. The van der Waals surface area contributed by atoms with Gasteiger partial charge in [-0.15, -0.1) is 0 Å². The van der Waals surface area contributed by atoms with Crippen LogP contribution in [0.2, 0.25) is 0 Å². The second-order valence-corrected chi connectivity index (χ2v) is 5.09. The Balaban J connectivity index is 1.82. The molecule has 0 spiro atoms. The molecule has 2 rings (SSSR count). The van der Waals surface area contributed by atoms with Crippen molar-refractivity contribution in [2.75, 3.05) is 0 Å². The van der Waals surface area contributed by atoms with E-state index in [0.29, 0.717) is 12.8 Å². The lowest BCUT2D eigenvalue weighted by atomic mass is 9.79. The van der Waals surface area contributed by atoms with E-state index in [2.05, 4.69) is 6.08 Å². The smallest absolute Gasteiger partial charge is 0.303 e.